The Kier molecular flexibility index (Phi) is 4.49. The molecule has 8 atom stereocenters. The van der Waals surface area contributed by atoms with Crippen LogP contribution >= 0.6 is 0 Å². The van der Waals surface area contributed by atoms with E-state index in [0.29, 0.717) is 38.3 Å². The number of fused-ring (bicyclic) bond motifs is 5. The second kappa shape index (κ2) is 6.74. The normalized spacial score (nSPS) is 55.3. The fourth-order valence-corrected chi connectivity index (χ4v) is 10.5. The SMILES string of the molecule is CCCC[C@]1(O)C[C@@]2(C)[C@@H](CCC23OCCO3)[C@H]2C[C@@H]3O[C@@]34CC3(CC[C@]4(C)[C@H]21)OCCO3. The van der Waals surface area contributed by atoms with Crippen LogP contribution in [0.25, 0.3) is 0 Å². The van der Waals surface area contributed by atoms with E-state index in [1.165, 1.54) is 0 Å². The molecule has 0 bridgehead atoms. The van der Waals surface area contributed by atoms with Crippen LogP contribution in [0.15, 0.2) is 0 Å². The molecular weight excluding hydrogens is 420 g/mol. The van der Waals surface area contributed by atoms with Gasteiger partial charge in [0.1, 0.15) is 5.60 Å². The van der Waals surface area contributed by atoms with E-state index in [9.17, 15) is 5.11 Å². The highest BCUT2D eigenvalue weighted by atomic mass is 16.7. The zero-order valence-corrected chi connectivity index (χ0v) is 20.7. The van der Waals surface area contributed by atoms with E-state index in [4.69, 9.17) is 23.7 Å². The minimum atomic E-state index is -0.723. The summed E-state index contributed by atoms with van der Waals surface area (Å²) in [5, 5.41) is 12.7. The van der Waals surface area contributed by atoms with E-state index in [1.54, 1.807) is 0 Å². The van der Waals surface area contributed by atoms with E-state index >= 15 is 0 Å². The second-order valence-corrected chi connectivity index (χ2v) is 13.0. The molecular formula is C27H42O6. The topological polar surface area (TPSA) is 69.7 Å². The van der Waals surface area contributed by atoms with Crippen molar-refractivity contribution in [2.45, 2.75) is 114 Å². The first-order valence-corrected chi connectivity index (χ1v) is 13.7. The molecule has 4 aliphatic carbocycles. The van der Waals surface area contributed by atoms with Gasteiger partial charge in [0.15, 0.2) is 11.6 Å². The van der Waals surface area contributed by atoms with Crippen molar-refractivity contribution >= 4 is 0 Å². The van der Waals surface area contributed by atoms with Crippen LogP contribution in [0.5, 0.6) is 0 Å². The van der Waals surface area contributed by atoms with Gasteiger partial charge in [0, 0.05) is 30.1 Å². The van der Waals surface area contributed by atoms with E-state index in [0.717, 1.165) is 64.2 Å². The van der Waals surface area contributed by atoms with Crippen molar-refractivity contribution in [2.75, 3.05) is 26.4 Å². The molecule has 3 aliphatic heterocycles. The minimum Gasteiger partial charge on any atom is -0.390 e. The third-order valence-electron chi connectivity index (χ3n) is 11.7. The van der Waals surface area contributed by atoms with Crippen molar-refractivity contribution in [2.24, 2.45) is 28.6 Å². The maximum atomic E-state index is 12.7. The number of unbranched alkanes of at least 4 members (excludes halogenated alkanes) is 1. The fourth-order valence-electron chi connectivity index (χ4n) is 10.5. The van der Waals surface area contributed by atoms with Crippen molar-refractivity contribution in [3.63, 3.8) is 0 Å². The lowest BCUT2D eigenvalue weighted by Crippen LogP contribution is -2.69. The Balaban J connectivity index is 1.30. The third-order valence-corrected chi connectivity index (χ3v) is 11.7. The predicted molar refractivity (Wildman–Crippen MR) is 120 cm³/mol. The number of aliphatic hydroxyl groups is 1. The molecule has 0 unspecified atom stereocenters. The summed E-state index contributed by atoms with van der Waals surface area (Å²) in [6.07, 6.45) is 9.92. The van der Waals surface area contributed by atoms with Gasteiger partial charge in [-0.2, -0.15) is 0 Å². The molecule has 186 valence electrons. The molecule has 3 spiro atoms. The lowest BCUT2D eigenvalue weighted by Gasteiger charge is -2.65. The molecule has 0 aromatic carbocycles. The molecule has 7 rings (SSSR count). The Labute approximate surface area is 198 Å². The first-order chi connectivity index (χ1) is 15.8. The van der Waals surface area contributed by atoms with Gasteiger partial charge >= 0.3 is 0 Å². The van der Waals surface area contributed by atoms with E-state index in [1.807, 2.05) is 0 Å². The van der Waals surface area contributed by atoms with Crippen molar-refractivity contribution in [1.82, 2.24) is 0 Å². The van der Waals surface area contributed by atoms with Crippen LogP contribution < -0.4 is 0 Å². The zero-order chi connectivity index (χ0) is 22.7. The Morgan fingerprint density at radius 2 is 1.61 bits per heavy atom. The molecule has 3 saturated heterocycles. The average molecular weight is 463 g/mol. The molecule has 0 radical (unpaired) electrons. The lowest BCUT2D eigenvalue weighted by atomic mass is 9.40. The van der Waals surface area contributed by atoms with Gasteiger partial charge in [-0.25, -0.2) is 0 Å². The van der Waals surface area contributed by atoms with Crippen molar-refractivity contribution in [3.05, 3.63) is 0 Å². The Morgan fingerprint density at radius 3 is 2.33 bits per heavy atom. The van der Waals surface area contributed by atoms with Gasteiger partial charge < -0.3 is 28.8 Å². The second-order valence-electron chi connectivity index (χ2n) is 13.0. The summed E-state index contributed by atoms with van der Waals surface area (Å²) in [7, 11) is 0. The van der Waals surface area contributed by atoms with Crippen molar-refractivity contribution in [1.29, 1.82) is 0 Å². The fraction of sp³-hybridized carbons (Fsp3) is 1.00. The highest BCUT2D eigenvalue weighted by Crippen LogP contribution is 2.78. The maximum absolute atomic E-state index is 12.7. The monoisotopic (exact) mass is 462 g/mol. The summed E-state index contributed by atoms with van der Waals surface area (Å²) in [5.41, 5.74) is -1.13. The zero-order valence-electron chi connectivity index (χ0n) is 20.7. The number of rotatable bonds is 3. The van der Waals surface area contributed by atoms with Gasteiger partial charge in [-0.1, -0.05) is 33.6 Å². The molecule has 6 heteroatoms. The Morgan fingerprint density at radius 1 is 0.879 bits per heavy atom. The quantitative estimate of drug-likeness (QED) is 0.635. The summed E-state index contributed by atoms with van der Waals surface area (Å²) in [4.78, 5) is 0. The van der Waals surface area contributed by atoms with E-state index in [-0.39, 0.29) is 28.5 Å². The summed E-state index contributed by atoms with van der Waals surface area (Å²) >= 11 is 0. The van der Waals surface area contributed by atoms with E-state index < -0.39 is 17.2 Å². The van der Waals surface area contributed by atoms with Crippen LogP contribution in [0.2, 0.25) is 0 Å². The van der Waals surface area contributed by atoms with Crippen LogP contribution in [0, 0.1) is 28.6 Å². The highest BCUT2D eigenvalue weighted by Gasteiger charge is 2.82. The average Bonchev–Trinajstić information content (AvgIpc) is 3.14. The first kappa shape index (κ1) is 22.0. The van der Waals surface area contributed by atoms with Gasteiger partial charge in [-0.05, 0) is 49.9 Å². The predicted octanol–water partition coefficient (Wildman–Crippen LogP) is 4.18. The molecule has 0 aromatic heterocycles. The number of ether oxygens (including phenoxy) is 5. The smallest absolute Gasteiger partial charge is 0.174 e. The Bertz CT molecular complexity index is 819. The van der Waals surface area contributed by atoms with Crippen LogP contribution in [0.1, 0.15) is 85.0 Å². The van der Waals surface area contributed by atoms with Crippen LogP contribution in [0.4, 0.5) is 0 Å². The first-order valence-electron chi connectivity index (χ1n) is 13.7. The van der Waals surface area contributed by atoms with Crippen LogP contribution in [0.3, 0.4) is 0 Å². The molecule has 6 nitrogen and oxygen atoms in total. The molecule has 0 amide bonds. The minimum absolute atomic E-state index is 0.0574. The lowest BCUT2D eigenvalue weighted by molar-refractivity contribution is -0.294. The largest absolute Gasteiger partial charge is 0.390 e. The molecule has 1 N–H and O–H groups in total. The standard InChI is InChI=1S/C27H42O6/c1-4-5-7-24(28)16-23(3)19(6-8-27(23)31-13-14-32-27)18-15-20-26(33-20)17-25(29-11-12-30-25)10-9-22(26,2)21(18)24/h18-21,28H,4-17H2,1-3H3/t18-,19+,20+,21+,22-,23+,24+,26+/m1/s1. The molecule has 3 heterocycles. The van der Waals surface area contributed by atoms with E-state index in [2.05, 4.69) is 20.8 Å². The number of hydrogen-bond donors (Lipinski definition) is 1. The summed E-state index contributed by atoms with van der Waals surface area (Å²) in [6, 6.07) is 0. The number of hydrogen-bond acceptors (Lipinski definition) is 6. The molecule has 0 aromatic rings. The van der Waals surface area contributed by atoms with Crippen molar-refractivity contribution < 1.29 is 28.8 Å². The highest BCUT2D eigenvalue weighted by molar-refractivity contribution is 5.29. The van der Waals surface area contributed by atoms with Gasteiger partial charge in [0.2, 0.25) is 0 Å². The molecule has 7 fully saturated rings. The Hall–Kier alpha value is -0.240. The molecule has 33 heavy (non-hydrogen) atoms. The van der Waals surface area contributed by atoms with Gasteiger partial charge in [0.05, 0.1) is 38.1 Å². The summed E-state index contributed by atoms with van der Waals surface area (Å²) < 4.78 is 31.8. The van der Waals surface area contributed by atoms with Gasteiger partial charge in [-0.15, -0.1) is 0 Å². The maximum Gasteiger partial charge on any atom is 0.174 e. The van der Waals surface area contributed by atoms with Gasteiger partial charge in [0.25, 0.3) is 0 Å². The summed E-state index contributed by atoms with van der Waals surface area (Å²) in [5.74, 6) is 0.225. The molecule has 7 aliphatic rings. The third kappa shape index (κ3) is 2.56. The van der Waals surface area contributed by atoms with Crippen LogP contribution in [-0.2, 0) is 23.7 Å². The van der Waals surface area contributed by atoms with Gasteiger partial charge in [-0.3, -0.25) is 0 Å². The van der Waals surface area contributed by atoms with Crippen LogP contribution in [-0.4, -0.2) is 60.4 Å². The number of epoxide rings is 1. The van der Waals surface area contributed by atoms with Crippen molar-refractivity contribution in [3.8, 4) is 0 Å². The molecule has 4 saturated carbocycles. The summed E-state index contributed by atoms with van der Waals surface area (Å²) in [6.45, 7) is 9.78.